The molecular weight excluding hydrogens is 180 g/mol. The molecule has 0 bridgehead atoms. The number of rotatable bonds is 4. The highest BCUT2D eigenvalue weighted by Crippen LogP contribution is 2.15. The summed E-state index contributed by atoms with van der Waals surface area (Å²) in [5.41, 5.74) is 4.65. The van der Waals surface area contributed by atoms with Gasteiger partial charge in [-0.1, -0.05) is 0 Å². The van der Waals surface area contributed by atoms with Crippen molar-refractivity contribution in [1.29, 1.82) is 0 Å². The number of carbonyl (C=O) groups excluding carboxylic acids is 1. The van der Waals surface area contributed by atoms with Crippen molar-refractivity contribution in [2.75, 3.05) is 0 Å². The molecule has 13 heavy (non-hydrogen) atoms. The van der Waals surface area contributed by atoms with Crippen LogP contribution < -0.4 is 11.5 Å². The van der Waals surface area contributed by atoms with E-state index in [2.05, 4.69) is 0 Å². The lowest BCUT2D eigenvalue weighted by molar-refractivity contribution is -0.197. The Labute approximate surface area is 74.6 Å². The van der Waals surface area contributed by atoms with Gasteiger partial charge in [0.1, 0.15) is 6.10 Å². The molecule has 4 atom stereocenters. The highest BCUT2D eigenvalue weighted by molar-refractivity contribution is 5.62. The minimum atomic E-state index is -2.69. The van der Waals surface area contributed by atoms with Gasteiger partial charge >= 0.3 is 0 Å². The minimum Gasteiger partial charge on any atom is -0.389 e. The predicted molar refractivity (Wildman–Crippen MR) is 42.0 cm³/mol. The molecule has 0 rings (SSSR count). The van der Waals surface area contributed by atoms with Gasteiger partial charge in [0, 0.05) is 0 Å². The van der Waals surface area contributed by atoms with Gasteiger partial charge < -0.3 is 20.4 Å². The molecule has 0 radical (unpaired) electrons. The van der Waals surface area contributed by atoms with Crippen LogP contribution in [0, 0.1) is 0 Å². The molecule has 0 aromatic heterocycles. The monoisotopic (exact) mass is 194 g/mol. The first-order chi connectivity index (χ1) is 5.66. The molecule has 0 amide bonds. The zero-order chi connectivity index (χ0) is 10.9. The zero-order valence-electron chi connectivity index (χ0n) is 7.08. The zero-order valence-corrected chi connectivity index (χ0v) is 7.08. The summed E-state index contributed by atoms with van der Waals surface area (Å²) in [5, 5.41) is 36.2. The Morgan fingerprint density at radius 3 is 1.92 bits per heavy atom. The van der Waals surface area contributed by atoms with Crippen molar-refractivity contribution in [3.63, 3.8) is 0 Å². The molecule has 78 valence electrons. The number of carbonyl (C=O) groups is 1. The minimum absolute atomic E-state index is 0.183. The lowest BCUT2D eigenvalue weighted by Gasteiger charge is -2.36. The molecule has 0 fully saturated rings. The molecule has 0 aromatic rings. The maximum atomic E-state index is 10.2. The summed E-state index contributed by atoms with van der Waals surface area (Å²) < 4.78 is 0. The normalized spacial score (nSPS) is 25.5. The fourth-order valence-corrected chi connectivity index (χ4v) is 0.663. The summed E-state index contributed by atoms with van der Waals surface area (Å²) in [7, 11) is 0. The Balaban J connectivity index is 4.77. The molecule has 0 heterocycles. The van der Waals surface area contributed by atoms with Crippen molar-refractivity contribution in [1.82, 2.24) is 0 Å². The number of nitrogens with two attached hydrogens (primary N) is 2. The first-order valence-corrected chi connectivity index (χ1v) is 3.51. The van der Waals surface area contributed by atoms with Crippen LogP contribution in [-0.4, -0.2) is 50.4 Å². The second kappa shape index (κ2) is 3.66. The molecule has 0 aliphatic carbocycles. The quantitative estimate of drug-likeness (QED) is 0.198. The first-order valence-electron chi connectivity index (χ1n) is 3.51. The Morgan fingerprint density at radius 2 is 1.69 bits per heavy atom. The standard InChI is InChI=1S/C6H14N2O5/c1-3(10)6(8,13)4(11)5(7,12)2-9/h2-4,10-13H,7-8H2,1H3/t3-,4-,5+,6+/m1/s1. The molecule has 7 nitrogen and oxygen atoms in total. The van der Waals surface area contributed by atoms with Crippen molar-refractivity contribution in [2.45, 2.75) is 30.6 Å². The van der Waals surface area contributed by atoms with Gasteiger partial charge in [0.05, 0.1) is 6.10 Å². The molecule has 0 saturated heterocycles. The van der Waals surface area contributed by atoms with Crippen molar-refractivity contribution < 1.29 is 25.2 Å². The van der Waals surface area contributed by atoms with E-state index >= 15 is 0 Å². The molecule has 0 aliphatic rings. The van der Waals surface area contributed by atoms with E-state index in [4.69, 9.17) is 26.8 Å². The van der Waals surface area contributed by atoms with E-state index < -0.39 is 23.7 Å². The van der Waals surface area contributed by atoms with E-state index in [-0.39, 0.29) is 6.29 Å². The van der Waals surface area contributed by atoms with Crippen molar-refractivity contribution in [3.05, 3.63) is 0 Å². The molecule has 8 N–H and O–H groups in total. The first kappa shape index (κ1) is 12.4. The SMILES string of the molecule is C[C@@H](O)[C@](N)(O)[C@H](O)[C@@](N)(O)C=O. The maximum Gasteiger partial charge on any atom is 0.201 e. The van der Waals surface area contributed by atoms with Crippen molar-refractivity contribution in [2.24, 2.45) is 11.5 Å². The van der Waals surface area contributed by atoms with Crippen LogP contribution in [0.25, 0.3) is 0 Å². The van der Waals surface area contributed by atoms with Crippen LogP contribution in [0.15, 0.2) is 0 Å². The van der Waals surface area contributed by atoms with E-state index in [1.807, 2.05) is 0 Å². The average molecular weight is 194 g/mol. The lowest BCUT2D eigenvalue weighted by Crippen LogP contribution is -2.70. The second-order valence-electron chi connectivity index (χ2n) is 2.97. The van der Waals surface area contributed by atoms with E-state index in [9.17, 15) is 9.90 Å². The number of hydrogen-bond acceptors (Lipinski definition) is 7. The Kier molecular flexibility index (Phi) is 3.50. The van der Waals surface area contributed by atoms with Crippen LogP contribution in [-0.2, 0) is 4.79 Å². The fraction of sp³-hybridized carbons (Fsp3) is 0.833. The largest absolute Gasteiger partial charge is 0.389 e. The van der Waals surface area contributed by atoms with Crippen LogP contribution in [0.1, 0.15) is 6.92 Å². The maximum absolute atomic E-state index is 10.2. The molecule has 7 heteroatoms. The van der Waals surface area contributed by atoms with Crippen LogP contribution in [0.3, 0.4) is 0 Å². The summed E-state index contributed by atoms with van der Waals surface area (Å²) in [4.78, 5) is 10.2. The number of hydrogen-bond donors (Lipinski definition) is 6. The molecule has 0 saturated carbocycles. The topological polar surface area (TPSA) is 150 Å². The van der Waals surface area contributed by atoms with E-state index in [1.165, 1.54) is 0 Å². The van der Waals surface area contributed by atoms with Crippen molar-refractivity contribution >= 4 is 6.29 Å². The summed E-state index contributed by atoms with van der Waals surface area (Å²) in [6.07, 6.45) is -3.92. The molecule has 0 unspecified atom stereocenters. The Bertz CT molecular complexity index is 191. The molecule has 0 spiro atoms. The summed E-state index contributed by atoms with van der Waals surface area (Å²) >= 11 is 0. The van der Waals surface area contributed by atoms with Gasteiger partial charge in [-0.3, -0.25) is 16.3 Å². The van der Waals surface area contributed by atoms with Crippen molar-refractivity contribution in [3.8, 4) is 0 Å². The van der Waals surface area contributed by atoms with Crippen LogP contribution in [0.2, 0.25) is 0 Å². The highest BCUT2D eigenvalue weighted by Gasteiger charge is 2.47. The van der Waals surface area contributed by atoms with Gasteiger partial charge in [0.25, 0.3) is 0 Å². The van der Waals surface area contributed by atoms with Gasteiger partial charge in [0.2, 0.25) is 5.72 Å². The third-order valence-corrected chi connectivity index (χ3v) is 1.73. The van der Waals surface area contributed by atoms with Gasteiger partial charge in [0.15, 0.2) is 12.0 Å². The van der Waals surface area contributed by atoms with E-state index in [0.717, 1.165) is 6.92 Å². The summed E-state index contributed by atoms with van der Waals surface area (Å²) in [6.45, 7) is 1.07. The fourth-order valence-electron chi connectivity index (χ4n) is 0.663. The van der Waals surface area contributed by atoms with E-state index in [0.29, 0.717) is 0 Å². The number of aliphatic hydroxyl groups excluding tert-OH is 2. The molecule has 0 aromatic carbocycles. The average Bonchev–Trinajstić information content (AvgIpc) is 2.02. The lowest BCUT2D eigenvalue weighted by atomic mass is 9.94. The van der Waals surface area contributed by atoms with Crippen LogP contribution in [0.5, 0.6) is 0 Å². The Hall–Kier alpha value is -0.570. The number of aliphatic hydroxyl groups is 4. The smallest absolute Gasteiger partial charge is 0.201 e. The number of aldehydes is 1. The third kappa shape index (κ3) is 2.44. The summed E-state index contributed by atoms with van der Waals surface area (Å²) in [6, 6.07) is 0. The van der Waals surface area contributed by atoms with Gasteiger partial charge in [-0.05, 0) is 6.92 Å². The molecule has 0 aliphatic heterocycles. The second-order valence-corrected chi connectivity index (χ2v) is 2.97. The van der Waals surface area contributed by atoms with Gasteiger partial charge in [-0.2, -0.15) is 0 Å². The van der Waals surface area contributed by atoms with Crippen LogP contribution >= 0.6 is 0 Å². The van der Waals surface area contributed by atoms with E-state index in [1.54, 1.807) is 0 Å². The van der Waals surface area contributed by atoms with Gasteiger partial charge in [-0.15, -0.1) is 0 Å². The van der Waals surface area contributed by atoms with Gasteiger partial charge in [-0.25, -0.2) is 0 Å². The Morgan fingerprint density at radius 1 is 1.31 bits per heavy atom. The summed E-state index contributed by atoms with van der Waals surface area (Å²) in [5.74, 6) is 0. The molecular formula is C6H14N2O5. The highest BCUT2D eigenvalue weighted by atomic mass is 16.4. The predicted octanol–water partition coefficient (Wildman–Crippen LogP) is -3.78. The third-order valence-electron chi connectivity index (χ3n) is 1.73. The van der Waals surface area contributed by atoms with Crippen LogP contribution in [0.4, 0.5) is 0 Å².